The zero-order valence-corrected chi connectivity index (χ0v) is 17.5. The number of carbonyl (C=O) groups is 1. The van der Waals surface area contributed by atoms with E-state index in [-0.39, 0.29) is 5.91 Å². The van der Waals surface area contributed by atoms with Crippen LogP contribution in [0.25, 0.3) is 0 Å². The molecule has 2 aromatic rings. The molecule has 162 valence electrons. The molecule has 6 heteroatoms. The third kappa shape index (κ3) is 5.63. The van der Waals surface area contributed by atoms with Gasteiger partial charge >= 0.3 is 6.18 Å². The Morgan fingerprint density at radius 2 is 1.77 bits per heavy atom. The van der Waals surface area contributed by atoms with Gasteiger partial charge in [0.1, 0.15) is 0 Å². The van der Waals surface area contributed by atoms with Crippen molar-refractivity contribution < 1.29 is 18.0 Å². The summed E-state index contributed by atoms with van der Waals surface area (Å²) < 4.78 is 39.0. The molecule has 0 bridgehead atoms. The van der Waals surface area contributed by atoms with Gasteiger partial charge in [0.2, 0.25) is 5.91 Å². The molecule has 3 rings (SSSR count). The summed E-state index contributed by atoms with van der Waals surface area (Å²) in [5, 5.41) is 2.97. The molecule has 1 amide bonds. The number of carbonyl (C=O) groups excluding carboxylic acids is 1. The van der Waals surface area contributed by atoms with E-state index >= 15 is 0 Å². The van der Waals surface area contributed by atoms with E-state index in [1.54, 1.807) is 19.9 Å². The van der Waals surface area contributed by atoms with Crippen molar-refractivity contribution in [1.29, 1.82) is 0 Å². The van der Waals surface area contributed by atoms with Crippen LogP contribution >= 0.6 is 0 Å². The van der Waals surface area contributed by atoms with Crippen LogP contribution < -0.4 is 5.32 Å². The van der Waals surface area contributed by atoms with Crippen LogP contribution in [0.1, 0.15) is 37.0 Å². The largest absolute Gasteiger partial charge is 0.416 e. The summed E-state index contributed by atoms with van der Waals surface area (Å²) in [7, 11) is 0. The SMILES string of the molecule is CC(C)(C(=O)NCC1CCN(CCc2ccccc2)C1)c1cccc(C(F)(F)F)c1. The molecule has 1 heterocycles. The highest BCUT2D eigenvalue weighted by Gasteiger charge is 2.35. The molecule has 1 saturated heterocycles. The highest BCUT2D eigenvalue weighted by Crippen LogP contribution is 2.33. The van der Waals surface area contributed by atoms with Crippen molar-refractivity contribution in [3.63, 3.8) is 0 Å². The number of benzene rings is 2. The summed E-state index contributed by atoms with van der Waals surface area (Å²) in [6, 6.07) is 15.4. The van der Waals surface area contributed by atoms with E-state index in [0.717, 1.165) is 44.6 Å². The standard InChI is InChI=1S/C24H29F3N2O/c1-23(2,20-9-6-10-21(15-20)24(25,26)27)22(30)28-16-19-12-14-29(17-19)13-11-18-7-4-3-5-8-18/h3-10,15,19H,11-14,16-17H2,1-2H3,(H,28,30). The summed E-state index contributed by atoms with van der Waals surface area (Å²) in [4.78, 5) is 15.2. The van der Waals surface area contributed by atoms with Crippen LogP contribution in [0.4, 0.5) is 13.2 Å². The molecular formula is C24H29F3N2O. The van der Waals surface area contributed by atoms with Gasteiger partial charge in [-0.15, -0.1) is 0 Å². The fourth-order valence-electron chi connectivity index (χ4n) is 3.89. The average Bonchev–Trinajstić information content (AvgIpc) is 3.18. The molecule has 1 unspecified atom stereocenters. The summed E-state index contributed by atoms with van der Waals surface area (Å²) in [6.45, 7) is 6.80. The third-order valence-electron chi connectivity index (χ3n) is 5.96. The lowest BCUT2D eigenvalue weighted by molar-refractivity contribution is -0.138. The molecule has 3 nitrogen and oxygen atoms in total. The number of hydrogen-bond donors (Lipinski definition) is 1. The minimum atomic E-state index is -4.42. The van der Waals surface area contributed by atoms with Gasteiger partial charge in [0, 0.05) is 19.6 Å². The van der Waals surface area contributed by atoms with Crippen LogP contribution in [0.3, 0.4) is 0 Å². The average molecular weight is 419 g/mol. The Bertz CT molecular complexity index is 849. The Morgan fingerprint density at radius 3 is 2.47 bits per heavy atom. The van der Waals surface area contributed by atoms with Gasteiger partial charge in [-0.1, -0.05) is 48.5 Å². The maximum atomic E-state index is 13.0. The van der Waals surface area contributed by atoms with E-state index in [0.29, 0.717) is 18.0 Å². The minimum Gasteiger partial charge on any atom is -0.355 e. The topological polar surface area (TPSA) is 32.3 Å². The van der Waals surface area contributed by atoms with E-state index in [1.807, 2.05) is 18.2 Å². The predicted molar refractivity (Wildman–Crippen MR) is 112 cm³/mol. The first-order valence-corrected chi connectivity index (χ1v) is 10.4. The molecule has 30 heavy (non-hydrogen) atoms. The molecule has 1 aliphatic rings. The molecule has 0 aliphatic carbocycles. The van der Waals surface area contributed by atoms with Gasteiger partial charge in [-0.2, -0.15) is 13.2 Å². The van der Waals surface area contributed by atoms with Gasteiger partial charge < -0.3 is 10.2 Å². The number of alkyl halides is 3. The van der Waals surface area contributed by atoms with Gasteiger partial charge in [0.15, 0.2) is 0 Å². The highest BCUT2D eigenvalue weighted by atomic mass is 19.4. The van der Waals surface area contributed by atoms with Crippen LogP contribution in [-0.4, -0.2) is 37.0 Å². The second kappa shape index (κ2) is 9.21. The summed E-state index contributed by atoms with van der Waals surface area (Å²) in [5.41, 5.74) is -0.0825. The molecule has 1 aliphatic heterocycles. The third-order valence-corrected chi connectivity index (χ3v) is 5.96. The monoisotopic (exact) mass is 418 g/mol. The first kappa shape index (κ1) is 22.3. The number of hydrogen-bond acceptors (Lipinski definition) is 2. The van der Waals surface area contributed by atoms with Crippen LogP contribution in [0.5, 0.6) is 0 Å². The van der Waals surface area contributed by atoms with Crippen molar-refractivity contribution in [2.24, 2.45) is 5.92 Å². The van der Waals surface area contributed by atoms with E-state index < -0.39 is 17.2 Å². The maximum absolute atomic E-state index is 13.0. The molecule has 1 fully saturated rings. The molecule has 0 aromatic heterocycles. The minimum absolute atomic E-state index is 0.246. The number of likely N-dealkylation sites (tertiary alicyclic amines) is 1. The van der Waals surface area contributed by atoms with Gasteiger partial charge in [-0.25, -0.2) is 0 Å². The summed E-state index contributed by atoms with van der Waals surface area (Å²) in [6.07, 6.45) is -2.41. The van der Waals surface area contributed by atoms with Crippen molar-refractivity contribution in [3.8, 4) is 0 Å². The first-order chi connectivity index (χ1) is 14.2. The maximum Gasteiger partial charge on any atom is 0.416 e. The lowest BCUT2D eigenvalue weighted by Crippen LogP contribution is -2.42. The second-order valence-electron chi connectivity index (χ2n) is 8.60. The summed E-state index contributed by atoms with van der Waals surface area (Å²) in [5.74, 6) is 0.117. The molecule has 2 aromatic carbocycles. The zero-order valence-electron chi connectivity index (χ0n) is 17.5. The second-order valence-corrected chi connectivity index (χ2v) is 8.60. The molecule has 1 N–H and O–H groups in total. The van der Waals surface area contributed by atoms with Crippen LogP contribution in [0.15, 0.2) is 54.6 Å². The number of amides is 1. The highest BCUT2D eigenvalue weighted by molar-refractivity contribution is 5.87. The van der Waals surface area contributed by atoms with Crippen molar-refractivity contribution in [1.82, 2.24) is 10.2 Å². The fourth-order valence-corrected chi connectivity index (χ4v) is 3.89. The quantitative estimate of drug-likeness (QED) is 0.709. The summed E-state index contributed by atoms with van der Waals surface area (Å²) >= 11 is 0. The lowest BCUT2D eigenvalue weighted by atomic mass is 9.82. The molecular weight excluding hydrogens is 389 g/mol. The van der Waals surface area contributed by atoms with Crippen LogP contribution in [0.2, 0.25) is 0 Å². The van der Waals surface area contributed by atoms with Gasteiger partial charge in [0.05, 0.1) is 11.0 Å². The fraction of sp³-hybridized carbons (Fsp3) is 0.458. The van der Waals surface area contributed by atoms with Gasteiger partial charge in [-0.05, 0) is 56.3 Å². The Kier molecular flexibility index (Phi) is 6.86. The Labute approximate surface area is 176 Å². The number of halogens is 3. The molecule has 1 atom stereocenters. The normalized spacial score (nSPS) is 17.8. The van der Waals surface area contributed by atoms with Crippen molar-refractivity contribution in [3.05, 3.63) is 71.3 Å². The Morgan fingerprint density at radius 1 is 1.07 bits per heavy atom. The Hall–Kier alpha value is -2.34. The first-order valence-electron chi connectivity index (χ1n) is 10.4. The van der Waals surface area contributed by atoms with Gasteiger partial charge in [-0.3, -0.25) is 4.79 Å². The van der Waals surface area contributed by atoms with Crippen LogP contribution in [0, 0.1) is 5.92 Å². The van der Waals surface area contributed by atoms with Crippen molar-refractivity contribution in [2.75, 3.05) is 26.2 Å². The van der Waals surface area contributed by atoms with E-state index in [4.69, 9.17) is 0 Å². The smallest absolute Gasteiger partial charge is 0.355 e. The number of nitrogens with zero attached hydrogens (tertiary/aromatic N) is 1. The number of nitrogens with one attached hydrogen (secondary N) is 1. The van der Waals surface area contributed by atoms with E-state index in [1.165, 1.54) is 11.6 Å². The molecule has 0 radical (unpaired) electrons. The number of rotatable bonds is 7. The van der Waals surface area contributed by atoms with Gasteiger partial charge in [0.25, 0.3) is 0 Å². The van der Waals surface area contributed by atoms with Crippen molar-refractivity contribution >= 4 is 5.91 Å². The predicted octanol–water partition coefficient (Wildman–Crippen LogP) is 4.66. The zero-order chi connectivity index (χ0) is 21.8. The van der Waals surface area contributed by atoms with E-state index in [9.17, 15) is 18.0 Å². The van der Waals surface area contributed by atoms with Crippen LogP contribution in [-0.2, 0) is 22.8 Å². The molecule has 0 saturated carbocycles. The molecule has 0 spiro atoms. The van der Waals surface area contributed by atoms with Crippen molar-refractivity contribution in [2.45, 2.75) is 38.3 Å². The lowest BCUT2D eigenvalue weighted by Gasteiger charge is -2.26. The Balaban J connectivity index is 1.50. The van der Waals surface area contributed by atoms with E-state index in [2.05, 4.69) is 22.3 Å².